The molecule has 0 saturated heterocycles. The number of halogens is 1. The van der Waals surface area contributed by atoms with E-state index >= 15 is 0 Å². The second-order valence-electron chi connectivity index (χ2n) is 7.49. The smallest absolute Gasteiger partial charge is 0.338 e. The summed E-state index contributed by atoms with van der Waals surface area (Å²) in [5.41, 5.74) is 3.17. The molecular weight excluding hydrogens is 435 g/mol. The Morgan fingerprint density at radius 3 is 1.88 bits per heavy atom. The Morgan fingerprint density at radius 1 is 0.735 bits per heavy atom. The SMILES string of the molecule is C=C(C)C(=O)O/C=C\Oc1ccc(-c2ccc(-c3ccc(OC(=O)C(=C)C)cc3)cc2F)cc1. The van der Waals surface area contributed by atoms with Crippen molar-refractivity contribution < 1.29 is 28.2 Å². The molecule has 6 heteroatoms. The van der Waals surface area contributed by atoms with E-state index in [4.69, 9.17) is 14.2 Å². The molecule has 0 amide bonds. The van der Waals surface area contributed by atoms with Crippen LogP contribution in [0, 0.1) is 5.82 Å². The largest absolute Gasteiger partial charge is 0.462 e. The second-order valence-corrected chi connectivity index (χ2v) is 7.49. The highest BCUT2D eigenvalue weighted by Crippen LogP contribution is 2.30. The van der Waals surface area contributed by atoms with E-state index in [0.29, 0.717) is 33.8 Å². The van der Waals surface area contributed by atoms with Crippen LogP contribution in [0.2, 0.25) is 0 Å². The highest BCUT2D eigenvalue weighted by atomic mass is 19.1. The Kier molecular flexibility index (Phi) is 7.77. The molecule has 0 saturated carbocycles. The Balaban J connectivity index is 1.67. The summed E-state index contributed by atoms with van der Waals surface area (Å²) in [4.78, 5) is 22.9. The van der Waals surface area contributed by atoms with E-state index in [1.165, 1.54) is 12.3 Å². The number of esters is 2. The first-order chi connectivity index (χ1) is 16.2. The maximum absolute atomic E-state index is 14.9. The first kappa shape index (κ1) is 24.2. The summed E-state index contributed by atoms with van der Waals surface area (Å²) in [5, 5.41) is 0. The number of rotatable bonds is 8. The van der Waals surface area contributed by atoms with Gasteiger partial charge in [-0.15, -0.1) is 0 Å². The summed E-state index contributed by atoms with van der Waals surface area (Å²) in [5.74, 6) is -0.538. The number of carbonyl (C=O) groups is 2. The van der Waals surface area contributed by atoms with Crippen LogP contribution in [-0.4, -0.2) is 11.9 Å². The average Bonchev–Trinajstić information content (AvgIpc) is 2.82. The molecule has 0 fully saturated rings. The number of hydrogen-bond acceptors (Lipinski definition) is 5. The summed E-state index contributed by atoms with van der Waals surface area (Å²) in [6.07, 6.45) is 2.36. The summed E-state index contributed by atoms with van der Waals surface area (Å²) in [6, 6.07) is 18.6. The zero-order chi connectivity index (χ0) is 24.7. The van der Waals surface area contributed by atoms with Gasteiger partial charge >= 0.3 is 11.9 Å². The minimum absolute atomic E-state index is 0.281. The maximum Gasteiger partial charge on any atom is 0.338 e. The summed E-state index contributed by atoms with van der Waals surface area (Å²) in [6.45, 7) is 10.1. The van der Waals surface area contributed by atoms with Gasteiger partial charge < -0.3 is 14.2 Å². The average molecular weight is 458 g/mol. The molecule has 3 aromatic rings. The van der Waals surface area contributed by atoms with Crippen LogP contribution in [0.15, 0.2) is 104 Å². The molecule has 0 heterocycles. The van der Waals surface area contributed by atoms with Gasteiger partial charge in [0.2, 0.25) is 0 Å². The summed E-state index contributed by atoms with van der Waals surface area (Å²) < 4.78 is 30.2. The van der Waals surface area contributed by atoms with Crippen molar-refractivity contribution in [2.24, 2.45) is 0 Å². The number of hydrogen-bond donors (Lipinski definition) is 0. The molecule has 0 aliphatic carbocycles. The molecule has 0 bridgehead atoms. The van der Waals surface area contributed by atoms with E-state index in [0.717, 1.165) is 11.8 Å². The van der Waals surface area contributed by atoms with E-state index < -0.39 is 11.9 Å². The van der Waals surface area contributed by atoms with Crippen LogP contribution in [0.1, 0.15) is 13.8 Å². The molecular formula is C28H23FO5. The van der Waals surface area contributed by atoms with Crippen molar-refractivity contribution in [2.45, 2.75) is 13.8 Å². The first-order valence-electron chi connectivity index (χ1n) is 10.3. The minimum Gasteiger partial charge on any atom is -0.462 e. The van der Waals surface area contributed by atoms with Crippen LogP contribution >= 0.6 is 0 Å². The Hall–Kier alpha value is -4.45. The van der Waals surface area contributed by atoms with Gasteiger partial charge in [-0.05, 0) is 60.9 Å². The van der Waals surface area contributed by atoms with Crippen molar-refractivity contribution in [3.05, 3.63) is 109 Å². The third-order valence-corrected chi connectivity index (χ3v) is 4.66. The molecule has 0 atom stereocenters. The van der Waals surface area contributed by atoms with Crippen LogP contribution < -0.4 is 9.47 Å². The standard InChI is InChI=1S/C28H23FO5/c1-18(2)27(30)33-16-15-32-23-10-7-21(8-11-23)25-14-9-22(17-26(25)29)20-5-12-24(13-6-20)34-28(31)19(3)4/h5-17H,1,3H2,2,4H3/b16-15-. The summed E-state index contributed by atoms with van der Waals surface area (Å²) >= 11 is 0. The van der Waals surface area contributed by atoms with Crippen LogP contribution in [0.3, 0.4) is 0 Å². The zero-order valence-corrected chi connectivity index (χ0v) is 18.8. The molecule has 5 nitrogen and oxygen atoms in total. The lowest BCUT2D eigenvalue weighted by Gasteiger charge is -2.09. The number of benzene rings is 3. The zero-order valence-electron chi connectivity index (χ0n) is 18.8. The molecule has 34 heavy (non-hydrogen) atoms. The van der Waals surface area contributed by atoms with Gasteiger partial charge in [-0.2, -0.15) is 0 Å². The van der Waals surface area contributed by atoms with Crippen molar-refractivity contribution >= 4 is 11.9 Å². The van der Waals surface area contributed by atoms with Crippen LogP contribution in [-0.2, 0) is 14.3 Å². The van der Waals surface area contributed by atoms with Gasteiger partial charge in [-0.1, -0.05) is 49.6 Å². The molecule has 172 valence electrons. The van der Waals surface area contributed by atoms with Crippen LogP contribution in [0.5, 0.6) is 11.5 Å². The van der Waals surface area contributed by atoms with Gasteiger partial charge in [0.1, 0.15) is 29.8 Å². The van der Waals surface area contributed by atoms with Crippen LogP contribution in [0.4, 0.5) is 4.39 Å². The van der Waals surface area contributed by atoms with E-state index in [1.807, 2.05) is 6.07 Å². The number of carbonyl (C=O) groups excluding carboxylic acids is 2. The molecule has 0 radical (unpaired) electrons. The number of ether oxygens (including phenoxy) is 3. The Labute approximate surface area is 197 Å². The lowest BCUT2D eigenvalue weighted by atomic mass is 9.99. The highest BCUT2D eigenvalue weighted by molar-refractivity contribution is 5.89. The molecule has 3 rings (SSSR count). The van der Waals surface area contributed by atoms with Crippen molar-refractivity contribution in [3.8, 4) is 33.8 Å². The molecule has 3 aromatic carbocycles. The van der Waals surface area contributed by atoms with Gasteiger partial charge in [0.15, 0.2) is 0 Å². The van der Waals surface area contributed by atoms with Crippen molar-refractivity contribution in [1.29, 1.82) is 0 Å². The van der Waals surface area contributed by atoms with Gasteiger partial charge in [0.05, 0.1) is 0 Å². The fourth-order valence-corrected chi connectivity index (χ4v) is 2.85. The lowest BCUT2D eigenvalue weighted by Crippen LogP contribution is -2.07. The lowest BCUT2D eigenvalue weighted by molar-refractivity contribution is -0.133. The Bertz CT molecular complexity index is 1250. The van der Waals surface area contributed by atoms with Gasteiger partial charge in [-0.3, -0.25) is 0 Å². The fraction of sp³-hybridized carbons (Fsp3) is 0.0714. The predicted molar refractivity (Wildman–Crippen MR) is 128 cm³/mol. The summed E-state index contributed by atoms with van der Waals surface area (Å²) in [7, 11) is 0. The van der Waals surface area contributed by atoms with Gasteiger partial charge in [0.25, 0.3) is 0 Å². The van der Waals surface area contributed by atoms with E-state index in [2.05, 4.69) is 13.2 Å². The molecule has 0 aliphatic heterocycles. The topological polar surface area (TPSA) is 61.8 Å². The molecule has 0 aromatic heterocycles. The third-order valence-electron chi connectivity index (χ3n) is 4.66. The van der Waals surface area contributed by atoms with E-state index in [-0.39, 0.29) is 11.4 Å². The third kappa shape index (κ3) is 6.29. The van der Waals surface area contributed by atoms with E-state index in [9.17, 15) is 14.0 Å². The normalized spacial score (nSPS) is 10.6. The van der Waals surface area contributed by atoms with Gasteiger partial charge in [-0.25, -0.2) is 14.0 Å². The van der Waals surface area contributed by atoms with Crippen LogP contribution in [0.25, 0.3) is 22.3 Å². The van der Waals surface area contributed by atoms with Crippen molar-refractivity contribution in [1.82, 2.24) is 0 Å². The molecule has 0 spiro atoms. The molecule has 0 unspecified atom stereocenters. The highest BCUT2D eigenvalue weighted by Gasteiger charge is 2.09. The Morgan fingerprint density at radius 2 is 1.29 bits per heavy atom. The van der Waals surface area contributed by atoms with Crippen molar-refractivity contribution in [2.75, 3.05) is 0 Å². The molecule has 0 aliphatic rings. The van der Waals surface area contributed by atoms with Crippen molar-refractivity contribution in [3.63, 3.8) is 0 Å². The maximum atomic E-state index is 14.9. The monoisotopic (exact) mass is 458 g/mol. The van der Waals surface area contributed by atoms with Gasteiger partial charge in [0, 0.05) is 16.7 Å². The quantitative estimate of drug-likeness (QED) is 0.164. The molecule has 0 N–H and O–H groups in total. The first-order valence-corrected chi connectivity index (χ1v) is 10.3. The fourth-order valence-electron chi connectivity index (χ4n) is 2.85. The minimum atomic E-state index is -0.545. The predicted octanol–water partition coefficient (Wildman–Crippen LogP) is 6.61. The second kappa shape index (κ2) is 10.9. The van der Waals surface area contributed by atoms with E-state index in [1.54, 1.807) is 68.4 Å².